The second kappa shape index (κ2) is 12.8. The molecule has 0 aliphatic rings. The number of hydrogen-bond donors (Lipinski definition) is 4. The molecule has 0 saturated heterocycles. The Morgan fingerprint density at radius 1 is 0.892 bits per heavy atom. The maximum Gasteiger partial charge on any atom is 0.329 e. The molecule has 3 aromatic rings. The standard InChI is InChI=1S/C23H18Cl3N5O6/c1-36-19-7-2-12(24)8-18(19)30-22(34)23(35)31-28-11-15-5-4-14(37-15)10-27-20(32)21(33)29-13-3-6-16(25)17(26)9-13/h2-9,11H,10H2,1H3,(H,27,32)(H,29,33)(H,30,34)(H,31,35)/b28-11+. The Morgan fingerprint density at radius 2 is 1.65 bits per heavy atom. The number of benzene rings is 2. The minimum atomic E-state index is -1.05. The molecule has 14 heteroatoms. The summed E-state index contributed by atoms with van der Waals surface area (Å²) < 4.78 is 10.5. The number of carbonyl (C=O) groups excluding carboxylic acids is 4. The van der Waals surface area contributed by atoms with Gasteiger partial charge in [-0.15, -0.1) is 0 Å². The number of hydrogen-bond acceptors (Lipinski definition) is 7. The molecule has 1 heterocycles. The summed E-state index contributed by atoms with van der Waals surface area (Å²) in [5, 5.41) is 11.7. The van der Waals surface area contributed by atoms with Crippen LogP contribution in [0.5, 0.6) is 5.75 Å². The van der Waals surface area contributed by atoms with Gasteiger partial charge in [0, 0.05) is 10.7 Å². The lowest BCUT2D eigenvalue weighted by molar-refractivity contribution is -0.136. The first-order chi connectivity index (χ1) is 17.7. The lowest BCUT2D eigenvalue weighted by atomic mass is 10.3. The van der Waals surface area contributed by atoms with Crippen LogP contribution in [0.1, 0.15) is 11.5 Å². The van der Waals surface area contributed by atoms with E-state index in [0.29, 0.717) is 27.2 Å². The van der Waals surface area contributed by atoms with E-state index >= 15 is 0 Å². The highest BCUT2D eigenvalue weighted by Gasteiger charge is 2.17. The molecule has 0 aliphatic carbocycles. The van der Waals surface area contributed by atoms with E-state index in [9.17, 15) is 19.2 Å². The Morgan fingerprint density at radius 3 is 2.38 bits per heavy atom. The quantitative estimate of drug-likeness (QED) is 0.195. The maximum absolute atomic E-state index is 12.1. The first kappa shape index (κ1) is 27.5. The van der Waals surface area contributed by atoms with Gasteiger partial charge in [0.25, 0.3) is 0 Å². The van der Waals surface area contributed by atoms with Crippen LogP contribution in [-0.4, -0.2) is 37.0 Å². The number of ether oxygens (including phenoxy) is 1. The predicted molar refractivity (Wildman–Crippen MR) is 138 cm³/mol. The number of methoxy groups -OCH3 is 1. The fourth-order valence-electron chi connectivity index (χ4n) is 2.73. The molecule has 1 aromatic heterocycles. The summed E-state index contributed by atoms with van der Waals surface area (Å²) in [5.74, 6) is -3.05. The average molecular weight is 567 g/mol. The molecule has 0 spiro atoms. The Balaban J connectivity index is 1.46. The number of carbonyl (C=O) groups is 4. The second-order valence-corrected chi connectivity index (χ2v) is 8.32. The highest BCUT2D eigenvalue weighted by Crippen LogP contribution is 2.27. The molecule has 11 nitrogen and oxygen atoms in total. The molecular formula is C23H18Cl3N5O6. The van der Waals surface area contributed by atoms with Gasteiger partial charge in [-0.2, -0.15) is 5.10 Å². The van der Waals surface area contributed by atoms with Crippen molar-refractivity contribution in [1.29, 1.82) is 0 Å². The van der Waals surface area contributed by atoms with Crippen molar-refractivity contribution in [3.8, 4) is 5.75 Å². The normalized spacial score (nSPS) is 10.6. The van der Waals surface area contributed by atoms with Gasteiger partial charge < -0.3 is 25.1 Å². The number of furan rings is 1. The topological polar surface area (TPSA) is 151 Å². The van der Waals surface area contributed by atoms with Gasteiger partial charge in [-0.25, -0.2) is 5.43 Å². The van der Waals surface area contributed by atoms with E-state index in [0.717, 1.165) is 6.21 Å². The highest BCUT2D eigenvalue weighted by molar-refractivity contribution is 6.43. The number of halogens is 3. The molecule has 0 atom stereocenters. The molecule has 0 unspecified atom stereocenters. The smallest absolute Gasteiger partial charge is 0.329 e. The maximum atomic E-state index is 12.1. The number of nitrogens with one attached hydrogen (secondary N) is 4. The van der Waals surface area contributed by atoms with E-state index in [2.05, 4.69) is 26.5 Å². The van der Waals surface area contributed by atoms with Crippen molar-refractivity contribution < 1.29 is 28.3 Å². The van der Waals surface area contributed by atoms with Crippen LogP contribution in [0.25, 0.3) is 0 Å². The van der Waals surface area contributed by atoms with E-state index in [1.54, 1.807) is 6.07 Å². The SMILES string of the molecule is COc1ccc(Cl)cc1NC(=O)C(=O)N/N=C/c1ccc(CNC(=O)C(=O)Nc2ccc(Cl)c(Cl)c2)o1. The first-order valence-corrected chi connectivity index (χ1v) is 11.4. The van der Waals surface area contributed by atoms with Crippen LogP contribution in [0.2, 0.25) is 15.1 Å². The van der Waals surface area contributed by atoms with Gasteiger partial charge in [0.15, 0.2) is 0 Å². The van der Waals surface area contributed by atoms with Crippen LogP contribution in [0.3, 0.4) is 0 Å². The van der Waals surface area contributed by atoms with Crippen molar-refractivity contribution in [2.45, 2.75) is 6.54 Å². The third-order valence-electron chi connectivity index (χ3n) is 4.46. The minimum absolute atomic E-state index is 0.0995. The second-order valence-electron chi connectivity index (χ2n) is 7.07. The average Bonchev–Trinajstić information content (AvgIpc) is 3.32. The summed E-state index contributed by atoms with van der Waals surface area (Å²) in [6.45, 7) is -0.0995. The summed E-state index contributed by atoms with van der Waals surface area (Å²) in [4.78, 5) is 48.1. The number of amides is 4. The summed E-state index contributed by atoms with van der Waals surface area (Å²) in [6, 6.07) is 11.9. The molecule has 37 heavy (non-hydrogen) atoms. The summed E-state index contributed by atoms with van der Waals surface area (Å²) >= 11 is 17.6. The Bertz CT molecular complexity index is 1370. The van der Waals surface area contributed by atoms with Crippen molar-refractivity contribution >= 4 is 76.0 Å². The fourth-order valence-corrected chi connectivity index (χ4v) is 3.20. The summed E-state index contributed by atoms with van der Waals surface area (Å²) in [5.41, 5.74) is 2.56. The Kier molecular flexibility index (Phi) is 9.50. The Labute approximate surface area is 225 Å². The molecule has 0 bridgehead atoms. The van der Waals surface area contributed by atoms with Crippen molar-refractivity contribution in [3.05, 3.63) is 75.1 Å². The lowest BCUT2D eigenvalue weighted by Crippen LogP contribution is -2.34. The van der Waals surface area contributed by atoms with E-state index in [4.69, 9.17) is 44.0 Å². The molecule has 0 aliphatic heterocycles. The zero-order valence-corrected chi connectivity index (χ0v) is 21.2. The van der Waals surface area contributed by atoms with Crippen LogP contribution >= 0.6 is 34.8 Å². The van der Waals surface area contributed by atoms with Gasteiger partial charge >= 0.3 is 23.6 Å². The Hall–Kier alpha value is -4.06. The van der Waals surface area contributed by atoms with Crippen LogP contribution in [0.15, 0.2) is 58.0 Å². The molecule has 2 aromatic carbocycles. The van der Waals surface area contributed by atoms with E-state index < -0.39 is 23.6 Å². The third kappa shape index (κ3) is 7.97. The van der Waals surface area contributed by atoms with E-state index in [-0.39, 0.29) is 23.0 Å². The minimum Gasteiger partial charge on any atom is -0.495 e. The van der Waals surface area contributed by atoms with Crippen molar-refractivity contribution in [2.24, 2.45) is 5.10 Å². The van der Waals surface area contributed by atoms with Gasteiger partial charge in [-0.1, -0.05) is 34.8 Å². The number of anilines is 2. The highest BCUT2D eigenvalue weighted by atomic mass is 35.5. The first-order valence-electron chi connectivity index (χ1n) is 10.3. The number of nitrogens with zero attached hydrogens (tertiary/aromatic N) is 1. The van der Waals surface area contributed by atoms with Gasteiger partial charge in [0.05, 0.1) is 35.6 Å². The van der Waals surface area contributed by atoms with Gasteiger partial charge in [-0.05, 0) is 48.5 Å². The van der Waals surface area contributed by atoms with Crippen LogP contribution < -0.4 is 26.1 Å². The van der Waals surface area contributed by atoms with E-state index in [1.807, 2.05) is 0 Å². The molecule has 192 valence electrons. The largest absolute Gasteiger partial charge is 0.495 e. The summed E-state index contributed by atoms with van der Waals surface area (Å²) in [7, 11) is 1.40. The zero-order valence-electron chi connectivity index (χ0n) is 18.9. The molecule has 0 saturated carbocycles. The molecule has 4 amide bonds. The van der Waals surface area contributed by atoms with Crippen molar-refractivity contribution in [1.82, 2.24) is 10.7 Å². The summed E-state index contributed by atoms with van der Waals surface area (Å²) in [6.07, 6.45) is 1.15. The fraction of sp³-hybridized carbons (Fsp3) is 0.0870. The van der Waals surface area contributed by atoms with Gasteiger partial charge in [-0.3, -0.25) is 19.2 Å². The number of hydrazone groups is 1. The van der Waals surface area contributed by atoms with Crippen molar-refractivity contribution in [2.75, 3.05) is 17.7 Å². The van der Waals surface area contributed by atoms with Gasteiger partial charge in [0.1, 0.15) is 17.3 Å². The van der Waals surface area contributed by atoms with Crippen LogP contribution in [0, 0.1) is 0 Å². The lowest BCUT2D eigenvalue weighted by Gasteiger charge is -2.09. The third-order valence-corrected chi connectivity index (χ3v) is 5.44. The number of rotatable bonds is 7. The van der Waals surface area contributed by atoms with Crippen LogP contribution in [0.4, 0.5) is 11.4 Å². The monoisotopic (exact) mass is 565 g/mol. The van der Waals surface area contributed by atoms with E-state index in [1.165, 1.54) is 49.6 Å². The molecule has 0 fully saturated rings. The van der Waals surface area contributed by atoms with Crippen LogP contribution in [-0.2, 0) is 25.7 Å². The predicted octanol–water partition coefficient (Wildman–Crippen LogP) is 3.59. The van der Waals surface area contributed by atoms with Crippen molar-refractivity contribution in [3.63, 3.8) is 0 Å². The molecule has 4 N–H and O–H groups in total. The molecule has 0 radical (unpaired) electrons. The molecule has 3 rings (SSSR count). The zero-order chi connectivity index (χ0) is 26.9. The molecular weight excluding hydrogens is 549 g/mol. The van der Waals surface area contributed by atoms with Gasteiger partial charge in [0.2, 0.25) is 0 Å².